The van der Waals surface area contributed by atoms with Crippen molar-refractivity contribution in [3.05, 3.63) is 22.4 Å². The lowest BCUT2D eigenvalue weighted by atomic mass is 9.92. The number of amides is 1. The average Bonchev–Trinajstić information content (AvgIpc) is 2.92. The molecule has 19 heavy (non-hydrogen) atoms. The Labute approximate surface area is 116 Å². The summed E-state index contributed by atoms with van der Waals surface area (Å²) in [6, 6.07) is 1.95. The van der Waals surface area contributed by atoms with Gasteiger partial charge < -0.3 is 10.0 Å². The van der Waals surface area contributed by atoms with Gasteiger partial charge in [-0.2, -0.15) is 11.3 Å². The number of likely N-dealkylation sites (tertiary alicyclic amines) is 1. The minimum Gasteiger partial charge on any atom is -0.481 e. The van der Waals surface area contributed by atoms with Gasteiger partial charge in [0.1, 0.15) is 0 Å². The Balaban J connectivity index is 1.65. The van der Waals surface area contributed by atoms with Crippen LogP contribution in [0.1, 0.15) is 18.4 Å². The second-order valence-electron chi connectivity index (χ2n) is 5.55. The molecule has 0 bridgehead atoms. The first kappa shape index (κ1) is 12.7. The molecule has 2 atom stereocenters. The van der Waals surface area contributed by atoms with E-state index in [0.717, 1.165) is 18.4 Å². The van der Waals surface area contributed by atoms with Crippen molar-refractivity contribution in [3.63, 3.8) is 0 Å². The molecule has 1 saturated heterocycles. The van der Waals surface area contributed by atoms with Crippen molar-refractivity contribution in [2.45, 2.75) is 19.3 Å². The minimum atomic E-state index is -0.747. The molecule has 0 radical (unpaired) electrons. The topological polar surface area (TPSA) is 57.6 Å². The van der Waals surface area contributed by atoms with Crippen LogP contribution < -0.4 is 0 Å². The molecular weight excluding hydrogens is 262 g/mol. The molecule has 5 heteroatoms. The molecule has 1 saturated carbocycles. The maximum absolute atomic E-state index is 12.2. The number of rotatable bonds is 4. The largest absolute Gasteiger partial charge is 0.481 e. The van der Waals surface area contributed by atoms with Crippen molar-refractivity contribution in [1.82, 2.24) is 4.90 Å². The van der Waals surface area contributed by atoms with Gasteiger partial charge in [0.25, 0.3) is 0 Å². The first-order valence-corrected chi connectivity index (χ1v) is 7.61. The number of carbonyl (C=O) groups excluding carboxylic acids is 1. The number of hydrogen-bond acceptors (Lipinski definition) is 3. The third-order valence-electron chi connectivity index (χ3n) is 4.20. The van der Waals surface area contributed by atoms with Crippen LogP contribution in [-0.4, -0.2) is 35.0 Å². The molecule has 1 amide bonds. The van der Waals surface area contributed by atoms with E-state index >= 15 is 0 Å². The zero-order chi connectivity index (χ0) is 13.4. The highest BCUT2D eigenvalue weighted by Gasteiger charge is 2.46. The van der Waals surface area contributed by atoms with E-state index in [1.807, 2.05) is 16.8 Å². The lowest BCUT2D eigenvalue weighted by Gasteiger charge is -2.15. The number of thiophene rings is 1. The molecule has 2 fully saturated rings. The summed E-state index contributed by atoms with van der Waals surface area (Å²) < 4.78 is 0. The fraction of sp³-hybridized carbons (Fsp3) is 0.571. The Morgan fingerprint density at radius 2 is 2.16 bits per heavy atom. The van der Waals surface area contributed by atoms with Gasteiger partial charge in [0.2, 0.25) is 5.91 Å². The van der Waals surface area contributed by atoms with Crippen molar-refractivity contribution < 1.29 is 14.7 Å². The highest BCUT2D eigenvalue weighted by atomic mass is 32.1. The Hall–Kier alpha value is -1.36. The van der Waals surface area contributed by atoms with Gasteiger partial charge in [-0.25, -0.2) is 0 Å². The van der Waals surface area contributed by atoms with E-state index in [2.05, 4.69) is 0 Å². The Morgan fingerprint density at radius 3 is 2.74 bits per heavy atom. The predicted octanol–water partition coefficient (Wildman–Crippen LogP) is 1.86. The molecule has 3 rings (SSSR count). The monoisotopic (exact) mass is 279 g/mol. The van der Waals surface area contributed by atoms with Crippen LogP contribution in [-0.2, 0) is 16.0 Å². The molecule has 4 nitrogen and oxygen atoms in total. The first-order chi connectivity index (χ1) is 9.15. The average molecular weight is 279 g/mol. The summed E-state index contributed by atoms with van der Waals surface area (Å²) in [5.74, 6) is -0.349. The SMILES string of the molecule is O=C(O)[C@H]1CN(C(=O)Cc2ccsc2)C[C@@H]1C1CC1. The van der Waals surface area contributed by atoms with Gasteiger partial charge in [-0.05, 0) is 47.1 Å². The highest BCUT2D eigenvalue weighted by molar-refractivity contribution is 7.07. The Morgan fingerprint density at radius 1 is 1.37 bits per heavy atom. The second kappa shape index (κ2) is 4.96. The molecule has 102 valence electrons. The van der Waals surface area contributed by atoms with E-state index in [-0.39, 0.29) is 17.7 Å². The van der Waals surface area contributed by atoms with Crippen molar-refractivity contribution >= 4 is 23.2 Å². The lowest BCUT2D eigenvalue weighted by Crippen LogP contribution is -2.31. The van der Waals surface area contributed by atoms with Crippen molar-refractivity contribution in [3.8, 4) is 0 Å². The van der Waals surface area contributed by atoms with Gasteiger partial charge in [-0.15, -0.1) is 0 Å². The molecule has 0 spiro atoms. The number of carbonyl (C=O) groups is 2. The normalized spacial score (nSPS) is 26.6. The van der Waals surface area contributed by atoms with Crippen LogP contribution in [0.2, 0.25) is 0 Å². The maximum Gasteiger partial charge on any atom is 0.308 e. The molecule has 0 unspecified atom stereocenters. The summed E-state index contributed by atoms with van der Waals surface area (Å²) in [7, 11) is 0. The number of nitrogens with zero attached hydrogens (tertiary/aromatic N) is 1. The Bertz CT molecular complexity index is 481. The highest BCUT2D eigenvalue weighted by Crippen LogP contribution is 2.44. The summed E-state index contributed by atoms with van der Waals surface area (Å²) in [4.78, 5) is 25.2. The van der Waals surface area contributed by atoms with E-state index in [1.165, 1.54) is 0 Å². The van der Waals surface area contributed by atoms with E-state index in [9.17, 15) is 14.7 Å². The van der Waals surface area contributed by atoms with Gasteiger partial charge in [-0.3, -0.25) is 9.59 Å². The summed E-state index contributed by atoms with van der Waals surface area (Å²) in [5.41, 5.74) is 1.02. The second-order valence-corrected chi connectivity index (χ2v) is 6.33. The summed E-state index contributed by atoms with van der Waals surface area (Å²) in [5, 5.41) is 13.2. The van der Waals surface area contributed by atoms with Crippen LogP contribution in [0.4, 0.5) is 0 Å². The Kier molecular flexibility index (Phi) is 3.31. The van der Waals surface area contributed by atoms with E-state index in [4.69, 9.17) is 0 Å². The van der Waals surface area contributed by atoms with Gasteiger partial charge in [0.15, 0.2) is 0 Å². The molecule has 1 aliphatic carbocycles. The molecule has 1 N–H and O–H groups in total. The number of aliphatic carboxylic acids is 1. The van der Waals surface area contributed by atoms with Gasteiger partial charge >= 0.3 is 5.97 Å². The standard InChI is InChI=1S/C14H17NO3S/c16-13(5-9-3-4-19-8-9)15-6-11(10-1-2-10)12(7-15)14(17)18/h3-4,8,10-12H,1-2,5-7H2,(H,17,18)/t11-,12+/m1/s1. The lowest BCUT2D eigenvalue weighted by molar-refractivity contribution is -0.142. The summed E-state index contributed by atoms with van der Waals surface area (Å²) >= 11 is 1.58. The zero-order valence-electron chi connectivity index (χ0n) is 10.6. The van der Waals surface area contributed by atoms with Crippen LogP contribution in [0.15, 0.2) is 16.8 Å². The molecule has 1 aromatic rings. The van der Waals surface area contributed by atoms with Crippen molar-refractivity contribution in [2.24, 2.45) is 17.8 Å². The molecule has 2 aliphatic rings. The van der Waals surface area contributed by atoms with Crippen molar-refractivity contribution in [2.75, 3.05) is 13.1 Å². The molecule has 2 heterocycles. The third kappa shape index (κ3) is 2.66. The van der Waals surface area contributed by atoms with Gasteiger partial charge in [-0.1, -0.05) is 0 Å². The first-order valence-electron chi connectivity index (χ1n) is 6.67. The quantitative estimate of drug-likeness (QED) is 0.915. The van der Waals surface area contributed by atoms with Crippen molar-refractivity contribution in [1.29, 1.82) is 0 Å². The van der Waals surface area contributed by atoms with Gasteiger partial charge in [0, 0.05) is 13.1 Å². The summed E-state index contributed by atoms with van der Waals surface area (Å²) in [6.45, 7) is 1.02. The molecule has 1 aliphatic heterocycles. The number of carboxylic acid groups (broad SMARTS) is 1. The van der Waals surface area contributed by atoms with Crippen LogP contribution in [0, 0.1) is 17.8 Å². The molecular formula is C14H17NO3S. The van der Waals surface area contributed by atoms with Crippen LogP contribution in [0.5, 0.6) is 0 Å². The fourth-order valence-electron chi connectivity index (χ4n) is 2.98. The zero-order valence-corrected chi connectivity index (χ0v) is 11.4. The van der Waals surface area contributed by atoms with Gasteiger partial charge in [0.05, 0.1) is 12.3 Å². The van der Waals surface area contributed by atoms with Crippen LogP contribution in [0.3, 0.4) is 0 Å². The third-order valence-corrected chi connectivity index (χ3v) is 4.93. The predicted molar refractivity (Wildman–Crippen MR) is 71.9 cm³/mol. The molecule has 0 aromatic carbocycles. The smallest absolute Gasteiger partial charge is 0.308 e. The van der Waals surface area contributed by atoms with Crippen LogP contribution in [0.25, 0.3) is 0 Å². The summed E-state index contributed by atoms with van der Waals surface area (Å²) in [6.07, 6.45) is 2.65. The molecule has 1 aromatic heterocycles. The van der Waals surface area contributed by atoms with E-state index < -0.39 is 5.97 Å². The number of hydrogen-bond donors (Lipinski definition) is 1. The fourth-order valence-corrected chi connectivity index (χ4v) is 3.64. The van der Waals surface area contributed by atoms with E-state index in [1.54, 1.807) is 16.2 Å². The minimum absolute atomic E-state index is 0.0628. The maximum atomic E-state index is 12.2. The van der Waals surface area contributed by atoms with Crippen LogP contribution >= 0.6 is 11.3 Å². The van der Waals surface area contributed by atoms with E-state index in [0.29, 0.717) is 25.4 Å². The number of carboxylic acids is 1.